The zero-order valence-corrected chi connectivity index (χ0v) is 10.6. The van der Waals surface area contributed by atoms with Crippen LogP contribution in [0.5, 0.6) is 5.75 Å². The maximum absolute atomic E-state index is 8.78. The van der Waals surface area contributed by atoms with Crippen LogP contribution in [0, 0.1) is 0 Å². The SMILES string of the molecule is OCCCc1nc(C2COc3ccccc3C2)no1. The molecule has 0 spiro atoms. The first kappa shape index (κ1) is 12.2. The number of benzene rings is 1. The first-order valence-corrected chi connectivity index (χ1v) is 6.51. The van der Waals surface area contributed by atoms with Crippen molar-refractivity contribution in [1.29, 1.82) is 0 Å². The van der Waals surface area contributed by atoms with Gasteiger partial charge in [-0.2, -0.15) is 4.98 Å². The molecule has 0 aliphatic carbocycles. The van der Waals surface area contributed by atoms with Gasteiger partial charge in [0.15, 0.2) is 5.82 Å². The number of aliphatic hydroxyl groups excluding tert-OH is 1. The molecule has 1 unspecified atom stereocenters. The third kappa shape index (κ3) is 2.61. The van der Waals surface area contributed by atoms with Gasteiger partial charge in [0.2, 0.25) is 5.89 Å². The predicted octanol–water partition coefficient (Wildman–Crippen LogP) is 1.71. The number of aryl methyl sites for hydroxylation is 1. The van der Waals surface area contributed by atoms with E-state index in [1.165, 1.54) is 5.56 Å². The molecule has 1 aliphatic heterocycles. The second-order valence-corrected chi connectivity index (χ2v) is 4.69. The van der Waals surface area contributed by atoms with Gasteiger partial charge in [-0.05, 0) is 24.5 Å². The van der Waals surface area contributed by atoms with Crippen molar-refractivity contribution >= 4 is 0 Å². The molecule has 0 radical (unpaired) electrons. The molecule has 0 saturated carbocycles. The number of hydrogen-bond acceptors (Lipinski definition) is 5. The molecule has 5 heteroatoms. The first-order valence-electron chi connectivity index (χ1n) is 6.51. The van der Waals surface area contributed by atoms with Crippen LogP contribution in [-0.4, -0.2) is 28.5 Å². The van der Waals surface area contributed by atoms with Crippen LogP contribution < -0.4 is 4.74 Å². The van der Waals surface area contributed by atoms with E-state index >= 15 is 0 Å². The lowest BCUT2D eigenvalue weighted by Gasteiger charge is -2.22. The van der Waals surface area contributed by atoms with Crippen LogP contribution >= 0.6 is 0 Å². The van der Waals surface area contributed by atoms with Gasteiger partial charge < -0.3 is 14.4 Å². The zero-order valence-electron chi connectivity index (χ0n) is 10.6. The highest BCUT2D eigenvalue weighted by Gasteiger charge is 2.25. The fourth-order valence-corrected chi connectivity index (χ4v) is 2.26. The van der Waals surface area contributed by atoms with Crippen molar-refractivity contribution in [1.82, 2.24) is 10.1 Å². The smallest absolute Gasteiger partial charge is 0.226 e. The van der Waals surface area contributed by atoms with Crippen molar-refractivity contribution in [3.63, 3.8) is 0 Å². The van der Waals surface area contributed by atoms with E-state index in [1.54, 1.807) is 0 Å². The van der Waals surface area contributed by atoms with Crippen LogP contribution in [0.15, 0.2) is 28.8 Å². The lowest BCUT2D eigenvalue weighted by Crippen LogP contribution is -2.20. The van der Waals surface area contributed by atoms with E-state index in [2.05, 4.69) is 16.2 Å². The second kappa shape index (κ2) is 5.40. The summed E-state index contributed by atoms with van der Waals surface area (Å²) in [5, 5.41) is 12.8. The van der Waals surface area contributed by atoms with Gasteiger partial charge in [-0.15, -0.1) is 0 Å². The average Bonchev–Trinajstić information content (AvgIpc) is 2.93. The minimum Gasteiger partial charge on any atom is -0.493 e. The van der Waals surface area contributed by atoms with E-state index in [4.69, 9.17) is 14.4 Å². The predicted molar refractivity (Wildman–Crippen MR) is 68.1 cm³/mol. The first-order chi connectivity index (χ1) is 9.36. The van der Waals surface area contributed by atoms with Crippen LogP contribution in [0.4, 0.5) is 0 Å². The summed E-state index contributed by atoms with van der Waals surface area (Å²) in [6.07, 6.45) is 2.13. The molecule has 1 atom stereocenters. The molecular weight excluding hydrogens is 244 g/mol. The number of nitrogens with zero attached hydrogens (tertiary/aromatic N) is 2. The van der Waals surface area contributed by atoms with Gasteiger partial charge in [-0.1, -0.05) is 23.4 Å². The van der Waals surface area contributed by atoms with Crippen molar-refractivity contribution in [3.05, 3.63) is 41.5 Å². The largest absolute Gasteiger partial charge is 0.493 e. The highest BCUT2D eigenvalue weighted by Crippen LogP contribution is 2.30. The van der Waals surface area contributed by atoms with E-state index in [0.29, 0.717) is 31.2 Å². The van der Waals surface area contributed by atoms with Gasteiger partial charge >= 0.3 is 0 Å². The maximum Gasteiger partial charge on any atom is 0.226 e. The molecule has 2 aromatic rings. The van der Waals surface area contributed by atoms with E-state index in [9.17, 15) is 0 Å². The molecule has 0 fully saturated rings. The molecular formula is C14H16N2O3. The van der Waals surface area contributed by atoms with Crippen LogP contribution in [0.3, 0.4) is 0 Å². The Morgan fingerprint density at radius 3 is 3.11 bits per heavy atom. The normalized spacial score (nSPS) is 17.8. The third-order valence-electron chi connectivity index (χ3n) is 3.28. The minimum absolute atomic E-state index is 0.137. The van der Waals surface area contributed by atoms with E-state index in [-0.39, 0.29) is 12.5 Å². The average molecular weight is 260 g/mol. The van der Waals surface area contributed by atoms with Gasteiger partial charge in [-0.25, -0.2) is 0 Å². The van der Waals surface area contributed by atoms with E-state index in [1.807, 2.05) is 18.2 Å². The lowest BCUT2D eigenvalue weighted by atomic mass is 9.96. The number of hydrogen-bond donors (Lipinski definition) is 1. The topological polar surface area (TPSA) is 68.4 Å². The molecule has 100 valence electrons. The highest BCUT2D eigenvalue weighted by atomic mass is 16.5. The molecule has 1 N–H and O–H groups in total. The van der Waals surface area contributed by atoms with Gasteiger partial charge in [0, 0.05) is 13.0 Å². The molecule has 2 heterocycles. The number of aliphatic hydroxyl groups is 1. The van der Waals surface area contributed by atoms with Crippen LogP contribution in [-0.2, 0) is 12.8 Å². The summed E-state index contributed by atoms with van der Waals surface area (Å²) >= 11 is 0. The van der Waals surface area contributed by atoms with E-state index < -0.39 is 0 Å². The monoisotopic (exact) mass is 260 g/mol. The Morgan fingerprint density at radius 2 is 2.21 bits per heavy atom. The van der Waals surface area contributed by atoms with Crippen LogP contribution in [0.25, 0.3) is 0 Å². The summed E-state index contributed by atoms with van der Waals surface area (Å²) < 4.78 is 10.9. The molecule has 5 nitrogen and oxygen atoms in total. The summed E-state index contributed by atoms with van der Waals surface area (Å²) in [7, 11) is 0. The Kier molecular flexibility index (Phi) is 3.46. The van der Waals surface area contributed by atoms with Gasteiger partial charge in [-0.3, -0.25) is 0 Å². The zero-order chi connectivity index (χ0) is 13.1. The number of rotatable bonds is 4. The molecule has 1 aromatic heterocycles. The number of ether oxygens (including phenoxy) is 1. The molecule has 0 bridgehead atoms. The molecule has 1 aliphatic rings. The summed E-state index contributed by atoms with van der Waals surface area (Å²) in [5.41, 5.74) is 1.18. The van der Waals surface area contributed by atoms with Crippen molar-refractivity contribution in [2.24, 2.45) is 0 Å². The Balaban J connectivity index is 1.72. The number of aromatic nitrogens is 2. The summed E-state index contributed by atoms with van der Waals surface area (Å²) in [6, 6.07) is 8.02. The molecule has 1 aromatic carbocycles. The fourth-order valence-electron chi connectivity index (χ4n) is 2.26. The fraction of sp³-hybridized carbons (Fsp3) is 0.429. The Labute approximate surface area is 111 Å². The quantitative estimate of drug-likeness (QED) is 0.906. The molecule has 19 heavy (non-hydrogen) atoms. The number of fused-ring (bicyclic) bond motifs is 1. The molecule has 3 rings (SSSR count). The van der Waals surface area contributed by atoms with Crippen molar-refractivity contribution < 1.29 is 14.4 Å². The van der Waals surface area contributed by atoms with Crippen LogP contribution in [0.2, 0.25) is 0 Å². The van der Waals surface area contributed by atoms with Gasteiger partial charge in [0.25, 0.3) is 0 Å². The minimum atomic E-state index is 0.137. The van der Waals surface area contributed by atoms with Gasteiger partial charge in [0.05, 0.1) is 12.5 Å². The maximum atomic E-state index is 8.78. The Morgan fingerprint density at radius 1 is 1.32 bits per heavy atom. The lowest BCUT2D eigenvalue weighted by molar-refractivity contribution is 0.253. The van der Waals surface area contributed by atoms with Crippen molar-refractivity contribution in [3.8, 4) is 5.75 Å². The Bertz CT molecular complexity index is 553. The summed E-state index contributed by atoms with van der Waals surface area (Å²) in [6.45, 7) is 0.716. The van der Waals surface area contributed by atoms with Crippen LogP contribution in [0.1, 0.15) is 29.6 Å². The highest BCUT2D eigenvalue weighted by molar-refractivity contribution is 5.36. The third-order valence-corrected chi connectivity index (χ3v) is 3.28. The molecule has 0 saturated heterocycles. The van der Waals surface area contributed by atoms with E-state index in [0.717, 1.165) is 12.2 Å². The second-order valence-electron chi connectivity index (χ2n) is 4.69. The summed E-state index contributed by atoms with van der Waals surface area (Å²) in [5.74, 6) is 2.37. The Hall–Kier alpha value is -1.88. The molecule has 0 amide bonds. The van der Waals surface area contributed by atoms with Crippen molar-refractivity contribution in [2.75, 3.05) is 13.2 Å². The summed E-state index contributed by atoms with van der Waals surface area (Å²) in [4.78, 5) is 4.38. The number of para-hydroxylation sites is 1. The standard InChI is InChI=1S/C14H16N2O3/c17-7-3-6-13-15-14(16-19-13)11-8-10-4-1-2-5-12(10)18-9-11/h1-2,4-5,11,17H,3,6-9H2. The van der Waals surface area contributed by atoms with Crippen molar-refractivity contribution in [2.45, 2.75) is 25.2 Å². The van der Waals surface area contributed by atoms with Gasteiger partial charge in [0.1, 0.15) is 5.75 Å².